The molecule has 2 fully saturated rings. The van der Waals surface area contributed by atoms with Crippen LogP contribution in [0.15, 0.2) is 51.7 Å². The fraction of sp³-hybridized carbons (Fsp3) is 0.467. The van der Waals surface area contributed by atoms with Gasteiger partial charge < -0.3 is 23.5 Å². The highest BCUT2D eigenvalue weighted by atomic mass is 35.5. The second-order valence-electron chi connectivity index (χ2n) is 11.0. The molecule has 0 unspecified atom stereocenters. The van der Waals surface area contributed by atoms with E-state index in [-0.39, 0.29) is 23.4 Å². The van der Waals surface area contributed by atoms with Crippen LogP contribution in [-0.4, -0.2) is 44.0 Å². The molecular weight excluding hydrogens is 506 g/mol. The van der Waals surface area contributed by atoms with Crippen LogP contribution in [0.4, 0.5) is 5.69 Å². The van der Waals surface area contributed by atoms with Gasteiger partial charge in [0.1, 0.15) is 23.7 Å². The molecule has 1 saturated carbocycles. The third-order valence-corrected chi connectivity index (χ3v) is 7.24. The molecule has 3 aromatic rings. The van der Waals surface area contributed by atoms with Gasteiger partial charge >= 0.3 is 5.97 Å². The van der Waals surface area contributed by atoms with Gasteiger partial charge in [-0.1, -0.05) is 17.7 Å². The van der Waals surface area contributed by atoms with Gasteiger partial charge in [0.05, 0.1) is 34.6 Å². The van der Waals surface area contributed by atoms with E-state index in [0.29, 0.717) is 59.1 Å². The first-order chi connectivity index (χ1) is 18.2. The molecule has 0 atom stereocenters. The Labute approximate surface area is 227 Å². The van der Waals surface area contributed by atoms with Gasteiger partial charge in [0, 0.05) is 30.9 Å². The molecule has 0 N–H and O–H groups in total. The van der Waals surface area contributed by atoms with E-state index in [0.717, 1.165) is 31.6 Å². The molecular formula is C30H34ClNO6. The van der Waals surface area contributed by atoms with Gasteiger partial charge in [0.25, 0.3) is 0 Å². The van der Waals surface area contributed by atoms with E-state index in [2.05, 4.69) is 4.90 Å². The van der Waals surface area contributed by atoms with E-state index < -0.39 is 5.60 Å². The van der Waals surface area contributed by atoms with Crippen LogP contribution in [0, 0.1) is 5.92 Å². The van der Waals surface area contributed by atoms with Gasteiger partial charge in [-0.05, 0) is 70.7 Å². The van der Waals surface area contributed by atoms with E-state index in [1.807, 2.05) is 39.0 Å². The van der Waals surface area contributed by atoms with Gasteiger partial charge in [-0.3, -0.25) is 9.59 Å². The number of hydrogen-bond donors (Lipinski definition) is 0. The summed E-state index contributed by atoms with van der Waals surface area (Å²) in [4.78, 5) is 27.3. The smallest absolute Gasteiger partial charge is 0.309 e. The fourth-order valence-corrected chi connectivity index (χ4v) is 5.14. The zero-order valence-electron chi connectivity index (χ0n) is 22.1. The summed E-state index contributed by atoms with van der Waals surface area (Å²) in [6, 6.07) is 12.6. The Morgan fingerprint density at radius 1 is 1.08 bits per heavy atom. The molecule has 2 heterocycles. The van der Waals surface area contributed by atoms with Crippen molar-refractivity contribution >= 4 is 34.2 Å². The van der Waals surface area contributed by atoms with E-state index in [9.17, 15) is 9.59 Å². The summed E-state index contributed by atoms with van der Waals surface area (Å²) in [5.74, 6) is 0.756. The number of nitrogens with zero attached hydrogens (tertiary/aromatic N) is 1. The van der Waals surface area contributed by atoms with Crippen LogP contribution >= 0.6 is 11.6 Å². The number of para-hydroxylation sites is 1. The normalized spacial score (nSPS) is 19.4. The number of ether oxygens (including phenoxy) is 3. The minimum absolute atomic E-state index is 0.0205. The summed E-state index contributed by atoms with van der Waals surface area (Å²) in [5.41, 5.74) is 1.47. The van der Waals surface area contributed by atoms with E-state index >= 15 is 0 Å². The number of carbonyl (C=O) groups excluding carboxylic acids is 1. The maximum atomic E-state index is 12.8. The average molecular weight is 540 g/mol. The molecule has 2 aromatic carbocycles. The molecule has 202 valence electrons. The number of anilines is 1. The fourth-order valence-electron chi connectivity index (χ4n) is 4.93. The second kappa shape index (κ2) is 11.0. The third kappa shape index (κ3) is 6.00. The number of halogens is 1. The highest BCUT2D eigenvalue weighted by Gasteiger charge is 2.37. The quantitative estimate of drug-likeness (QED) is 0.248. The van der Waals surface area contributed by atoms with Crippen molar-refractivity contribution in [2.24, 2.45) is 5.92 Å². The van der Waals surface area contributed by atoms with Crippen molar-refractivity contribution in [1.29, 1.82) is 0 Å². The zero-order valence-corrected chi connectivity index (χ0v) is 22.9. The van der Waals surface area contributed by atoms with Crippen molar-refractivity contribution in [2.45, 2.75) is 58.2 Å². The van der Waals surface area contributed by atoms with Crippen LogP contribution in [0.5, 0.6) is 5.75 Å². The molecule has 7 nitrogen and oxygen atoms in total. The predicted octanol–water partition coefficient (Wildman–Crippen LogP) is 6.23. The van der Waals surface area contributed by atoms with E-state index in [1.54, 1.807) is 18.2 Å². The van der Waals surface area contributed by atoms with E-state index in [4.69, 9.17) is 30.2 Å². The maximum absolute atomic E-state index is 12.8. The molecule has 1 saturated heterocycles. The summed E-state index contributed by atoms with van der Waals surface area (Å²) in [7, 11) is 0. The van der Waals surface area contributed by atoms with Crippen molar-refractivity contribution in [2.75, 3.05) is 31.2 Å². The number of benzene rings is 2. The predicted molar refractivity (Wildman–Crippen MR) is 148 cm³/mol. The lowest BCUT2D eigenvalue weighted by molar-refractivity contribution is -0.169. The first-order valence-electron chi connectivity index (χ1n) is 13.3. The van der Waals surface area contributed by atoms with Gasteiger partial charge in [0.2, 0.25) is 0 Å². The highest BCUT2D eigenvalue weighted by Crippen LogP contribution is 2.37. The summed E-state index contributed by atoms with van der Waals surface area (Å²) in [6.07, 6.45) is 3.67. The van der Waals surface area contributed by atoms with Crippen LogP contribution in [0.2, 0.25) is 5.02 Å². The van der Waals surface area contributed by atoms with Crippen LogP contribution in [-0.2, 0) is 14.3 Å². The van der Waals surface area contributed by atoms with Crippen molar-refractivity contribution < 1.29 is 23.4 Å². The lowest BCUT2D eigenvalue weighted by Gasteiger charge is -2.35. The molecule has 8 heteroatoms. The minimum Gasteiger partial charge on any atom is -0.490 e. The van der Waals surface area contributed by atoms with Gasteiger partial charge in [-0.2, -0.15) is 0 Å². The van der Waals surface area contributed by atoms with Crippen LogP contribution in [0.1, 0.15) is 46.5 Å². The van der Waals surface area contributed by atoms with Gasteiger partial charge in [-0.15, -0.1) is 0 Å². The van der Waals surface area contributed by atoms with Crippen molar-refractivity contribution in [3.05, 3.63) is 57.7 Å². The number of hydrogen-bond acceptors (Lipinski definition) is 7. The molecule has 5 rings (SSSR count). The molecule has 1 aliphatic carbocycles. The zero-order chi connectivity index (χ0) is 26.9. The Bertz CT molecular complexity index is 1370. The SMILES string of the molecule is CC(C)(C)OC(=O)[C@H]1C[C@@H](OCCOc2cc(N3CCCC3)ccc2-c2cc(=O)c3cccc(Cl)c3o2)C1. The number of esters is 1. The van der Waals surface area contributed by atoms with Crippen molar-refractivity contribution in [3.63, 3.8) is 0 Å². The Morgan fingerprint density at radius 2 is 1.84 bits per heavy atom. The van der Waals surface area contributed by atoms with Crippen LogP contribution in [0.25, 0.3) is 22.3 Å². The number of rotatable bonds is 8. The van der Waals surface area contributed by atoms with Crippen molar-refractivity contribution in [3.8, 4) is 17.1 Å². The average Bonchev–Trinajstić information content (AvgIpc) is 3.37. The Balaban J connectivity index is 1.28. The standard InChI is InChI=1S/C30H34ClNO6/c1-30(2,3)38-29(34)19-15-21(16-19)35-13-14-36-26-17-20(32-11-4-5-12-32)9-10-23(26)27-18-25(33)22-7-6-8-24(31)28(22)37-27/h6-10,17-19,21H,4-5,11-16H2,1-3H3/t19-,21+. The molecule has 0 bridgehead atoms. The first-order valence-corrected chi connectivity index (χ1v) is 13.6. The summed E-state index contributed by atoms with van der Waals surface area (Å²) < 4.78 is 23.7. The Morgan fingerprint density at radius 3 is 2.58 bits per heavy atom. The monoisotopic (exact) mass is 539 g/mol. The van der Waals surface area contributed by atoms with E-state index in [1.165, 1.54) is 6.07 Å². The molecule has 38 heavy (non-hydrogen) atoms. The second-order valence-corrected chi connectivity index (χ2v) is 11.4. The third-order valence-electron chi connectivity index (χ3n) is 6.94. The van der Waals surface area contributed by atoms with Crippen molar-refractivity contribution in [1.82, 2.24) is 0 Å². The summed E-state index contributed by atoms with van der Waals surface area (Å²) in [5, 5.41) is 0.826. The van der Waals surface area contributed by atoms with Gasteiger partial charge in [-0.25, -0.2) is 0 Å². The molecule has 2 aliphatic rings. The van der Waals surface area contributed by atoms with Crippen LogP contribution in [0.3, 0.4) is 0 Å². The first kappa shape index (κ1) is 26.6. The number of carbonyl (C=O) groups is 1. The molecule has 0 spiro atoms. The lowest BCUT2D eigenvalue weighted by atomic mass is 9.82. The largest absolute Gasteiger partial charge is 0.490 e. The summed E-state index contributed by atoms with van der Waals surface area (Å²) in [6.45, 7) is 8.33. The topological polar surface area (TPSA) is 78.2 Å². The maximum Gasteiger partial charge on any atom is 0.309 e. The molecule has 0 amide bonds. The molecule has 1 aromatic heterocycles. The van der Waals surface area contributed by atoms with Crippen LogP contribution < -0.4 is 15.1 Å². The summed E-state index contributed by atoms with van der Waals surface area (Å²) >= 11 is 6.34. The number of fused-ring (bicyclic) bond motifs is 1. The molecule has 1 aliphatic heterocycles. The Hall–Kier alpha value is -3.03. The minimum atomic E-state index is -0.478. The highest BCUT2D eigenvalue weighted by molar-refractivity contribution is 6.34. The Kier molecular flexibility index (Phi) is 7.68. The molecule has 0 radical (unpaired) electrons. The van der Waals surface area contributed by atoms with Gasteiger partial charge in [0.15, 0.2) is 11.0 Å². The lowest BCUT2D eigenvalue weighted by Crippen LogP contribution is -2.40.